The summed E-state index contributed by atoms with van der Waals surface area (Å²) in [6.45, 7) is 0.650. The molecule has 2 aromatic rings. The monoisotopic (exact) mass is 274 g/mol. The average molecular weight is 274 g/mol. The van der Waals surface area contributed by atoms with E-state index in [1.165, 1.54) is 6.07 Å². The molecule has 0 heterocycles. The number of non-ortho nitro benzene ring substituents is 1. The predicted molar refractivity (Wildman–Crippen MR) is 78.3 cm³/mol. The first-order chi connectivity index (χ1) is 9.20. The van der Waals surface area contributed by atoms with Crippen molar-refractivity contribution >= 4 is 17.4 Å². The first-order valence-corrected chi connectivity index (χ1v) is 6.87. The highest BCUT2D eigenvalue weighted by atomic mass is 32.2. The molecule has 0 amide bonds. The van der Waals surface area contributed by atoms with Crippen LogP contribution in [0.3, 0.4) is 0 Å². The fourth-order valence-electron chi connectivity index (χ4n) is 1.72. The predicted octanol–water partition coefficient (Wildman–Crippen LogP) is 3.31. The molecule has 0 atom stereocenters. The van der Waals surface area contributed by atoms with Crippen LogP contribution in [0.4, 0.5) is 5.69 Å². The second kappa shape index (κ2) is 6.36. The van der Waals surface area contributed by atoms with Crippen LogP contribution in [0.5, 0.6) is 0 Å². The van der Waals surface area contributed by atoms with Crippen LogP contribution in [-0.4, -0.2) is 17.2 Å². The Morgan fingerprint density at radius 1 is 1.11 bits per heavy atom. The van der Waals surface area contributed by atoms with Crippen molar-refractivity contribution in [2.24, 2.45) is 5.73 Å². The molecule has 0 saturated heterocycles. The van der Waals surface area contributed by atoms with Crippen molar-refractivity contribution in [3.63, 3.8) is 0 Å². The summed E-state index contributed by atoms with van der Waals surface area (Å²) in [4.78, 5) is 11.5. The molecule has 0 radical (unpaired) electrons. The van der Waals surface area contributed by atoms with Gasteiger partial charge in [0.1, 0.15) is 0 Å². The van der Waals surface area contributed by atoms with Crippen LogP contribution in [0.15, 0.2) is 53.4 Å². The third kappa shape index (κ3) is 3.56. The summed E-state index contributed by atoms with van der Waals surface area (Å²) in [5.41, 5.74) is 7.39. The van der Waals surface area contributed by atoms with E-state index in [-0.39, 0.29) is 10.6 Å². The molecule has 0 bridgehead atoms. The maximum atomic E-state index is 10.7. The Kier molecular flexibility index (Phi) is 4.54. The zero-order chi connectivity index (χ0) is 13.7. The molecular formula is C14H14N2O2S. The van der Waals surface area contributed by atoms with Gasteiger partial charge in [0.2, 0.25) is 0 Å². The first kappa shape index (κ1) is 13.6. The van der Waals surface area contributed by atoms with Gasteiger partial charge in [0, 0.05) is 29.3 Å². The minimum Gasteiger partial charge on any atom is -0.330 e. The molecule has 0 unspecified atom stereocenters. The Hall–Kier alpha value is -1.85. The molecule has 2 N–H and O–H groups in total. The lowest BCUT2D eigenvalue weighted by Crippen LogP contribution is -2.00. The van der Waals surface area contributed by atoms with Crippen molar-refractivity contribution < 1.29 is 4.92 Å². The van der Waals surface area contributed by atoms with Crippen molar-refractivity contribution in [3.8, 4) is 11.1 Å². The molecule has 2 aromatic carbocycles. The molecule has 0 saturated carbocycles. The molecule has 0 fully saturated rings. The summed E-state index contributed by atoms with van der Waals surface area (Å²) in [6, 6.07) is 14.6. The number of benzene rings is 2. The molecule has 4 nitrogen and oxygen atoms in total. The Morgan fingerprint density at radius 2 is 1.84 bits per heavy atom. The minimum atomic E-state index is -0.380. The quantitative estimate of drug-likeness (QED) is 0.516. The molecule has 0 aromatic heterocycles. The number of thioether (sulfide) groups is 1. The second-order valence-corrected chi connectivity index (χ2v) is 5.14. The lowest BCUT2D eigenvalue weighted by atomic mass is 10.1. The molecule has 0 spiro atoms. The van der Waals surface area contributed by atoms with Gasteiger partial charge in [-0.3, -0.25) is 10.1 Å². The van der Waals surface area contributed by atoms with Crippen LogP contribution in [0.1, 0.15) is 0 Å². The van der Waals surface area contributed by atoms with Gasteiger partial charge in [-0.2, -0.15) is 0 Å². The summed E-state index contributed by atoms with van der Waals surface area (Å²) in [7, 11) is 0. The number of nitro groups is 1. The van der Waals surface area contributed by atoms with Crippen LogP contribution >= 0.6 is 11.8 Å². The van der Waals surface area contributed by atoms with E-state index < -0.39 is 0 Å². The number of hydrogen-bond acceptors (Lipinski definition) is 4. The van der Waals surface area contributed by atoms with Gasteiger partial charge >= 0.3 is 0 Å². The molecule has 0 aliphatic rings. The van der Waals surface area contributed by atoms with Crippen molar-refractivity contribution in [2.45, 2.75) is 4.90 Å². The number of nitrogens with two attached hydrogens (primary N) is 1. The summed E-state index contributed by atoms with van der Waals surface area (Å²) in [5.74, 6) is 0.885. The van der Waals surface area contributed by atoms with Crippen LogP contribution in [-0.2, 0) is 0 Å². The maximum absolute atomic E-state index is 10.7. The van der Waals surface area contributed by atoms with E-state index in [9.17, 15) is 10.1 Å². The smallest absolute Gasteiger partial charge is 0.270 e. The molecule has 2 rings (SSSR count). The molecule has 19 heavy (non-hydrogen) atoms. The van der Waals surface area contributed by atoms with Crippen LogP contribution in [0.25, 0.3) is 11.1 Å². The van der Waals surface area contributed by atoms with E-state index in [4.69, 9.17) is 5.73 Å². The Morgan fingerprint density at radius 3 is 2.47 bits per heavy atom. The van der Waals surface area contributed by atoms with Crippen molar-refractivity contribution in [1.29, 1.82) is 0 Å². The van der Waals surface area contributed by atoms with Gasteiger partial charge in [0.25, 0.3) is 5.69 Å². The van der Waals surface area contributed by atoms with Crippen LogP contribution in [0, 0.1) is 10.1 Å². The summed E-state index contributed by atoms with van der Waals surface area (Å²) < 4.78 is 0. The van der Waals surface area contributed by atoms with Gasteiger partial charge in [0.15, 0.2) is 0 Å². The highest BCUT2D eigenvalue weighted by molar-refractivity contribution is 7.99. The lowest BCUT2D eigenvalue weighted by Gasteiger charge is -2.04. The molecule has 0 aliphatic heterocycles. The van der Waals surface area contributed by atoms with Crippen molar-refractivity contribution in [3.05, 3.63) is 58.6 Å². The second-order valence-electron chi connectivity index (χ2n) is 3.97. The van der Waals surface area contributed by atoms with Gasteiger partial charge in [-0.25, -0.2) is 0 Å². The van der Waals surface area contributed by atoms with E-state index in [1.807, 2.05) is 30.3 Å². The maximum Gasteiger partial charge on any atom is 0.270 e. The van der Waals surface area contributed by atoms with E-state index in [0.717, 1.165) is 21.8 Å². The van der Waals surface area contributed by atoms with Gasteiger partial charge in [-0.05, 0) is 23.3 Å². The number of rotatable bonds is 5. The summed E-state index contributed by atoms with van der Waals surface area (Å²) >= 11 is 1.70. The zero-order valence-electron chi connectivity index (χ0n) is 10.3. The number of hydrogen-bond donors (Lipinski definition) is 1. The molecule has 5 heteroatoms. The zero-order valence-corrected chi connectivity index (χ0v) is 11.1. The van der Waals surface area contributed by atoms with Gasteiger partial charge in [-0.15, -0.1) is 11.8 Å². The Labute approximate surface area is 115 Å². The molecular weight excluding hydrogens is 260 g/mol. The van der Waals surface area contributed by atoms with Crippen molar-refractivity contribution in [1.82, 2.24) is 0 Å². The highest BCUT2D eigenvalue weighted by Gasteiger charge is 2.06. The van der Waals surface area contributed by atoms with Crippen LogP contribution < -0.4 is 5.73 Å². The number of nitrogens with zero attached hydrogens (tertiary/aromatic N) is 1. The fourth-order valence-corrected chi connectivity index (χ4v) is 2.40. The summed E-state index contributed by atoms with van der Waals surface area (Å²) in [5, 5.41) is 10.7. The largest absolute Gasteiger partial charge is 0.330 e. The molecule has 98 valence electrons. The van der Waals surface area contributed by atoms with E-state index in [0.29, 0.717) is 6.54 Å². The van der Waals surface area contributed by atoms with Gasteiger partial charge in [0.05, 0.1) is 4.92 Å². The lowest BCUT2D eigenvalue weighted by molar-refractivity contribution is -0.384. The SMILES string of the molecule is NCCSc1ccc(-c2cccc([N+](=O)[O-])c2)cc1. The third-order valence-corrected chi connectivity index (χ3v) is 3.68. The Bertz CT molecular complexity index is 570. The highest BCUT2D eigenvalue weighted by Crippen LogP contribution is 2.26. The van der Waals surface area contributed by atoms with Crippen molar-refractivity contribution in [2.75, 3.05) is 12.3 Å². The average Bonchev–Trinajstić information content (AvgIpc) is 2.46. The molecule has 0 aliphatic carbocycles. The standard InChI is InChI=1S/C14H14N2O2S/c15-8-9-19-14-6-4-11(5-7-14)12-2-1-3-13(10-12)16(17)18/h1-7,10H,8-9,15H2. The number of nitro benzene ring substituents is 1. The fraction of sp³-hybridized carbons (Fsp3) is 0.143. The normalized spacial score (nSPS) is 10.4. The van der Waals surface area contributed by atoms with E-state index >= 15 is 0 Å². The third-order valence-electron chi connectivity index (χ3n) is 2.63. The van der Waals surface area contributed by atoms with E-state index in [2.05, 4.69) is 0 Å². The van der Waals surface area contributed by atoms with Crippen LogP contribution in [0.2, 0.25) is 0 Å². The Balaban J connectivity index is 2.22. The van der Waals surface area contributed by atoms with E-state index in [1.54, 1.807) is 23.9 Å². The topological polar surface area (TPSA) is 69.2 Å². The first-order valence-electron chi connectivity index (χ1n) is 5.88. The summed E-state index contributed by atoms with van der Waals surface area (Å²) in [6.07, 6.45) is 0. The minimum absolute atomic E-state index is 0.110. The van der Waals surface area contributed by atoms with Gasteiger partial charge in [-0.1, -0.05) is 24.3 Å². The van der Waals surface area contributed by atoms with Gasteiger partial charge < -0.3 is 5.73 Å².